The van der Waals surface area contributed by atoms with Crippen LogP contribution in [0.15, 0.2) is 78.2 Å². The van der Waals surface area contributed by atoms with Crippen LogP contribution >= 0.6 is 24.2 Å². The average Bonchev–Trinajstić information content (AvgIpc) is 3.02. The molecule has 2 heterocycles. The summed E-state index contributed by atoms with van der Waals surface area (Å²) in [6, 6.07) is 22.6. The molecule has 1 saturated carbocycles. The SMILES string of the molecule is C#CC#CC#CN.S=c1nc(-c2ccccc2)cn[nH]1.[HH].[HH].[HH].[HH].[HH].c1ccc(-c2cnnc(SNC3CCCCC3)n2)cc1. The maximum absolute atomic E-state index is 4.87. The van der Waals surface area contributed by atoms with Crippen LogP contribution in [-0.2, 0) is 0 Å². The number of rotatable bonds is 5. The van der Waals surface area contributed by atoms with Crippen LogP contribution in [0.2, 0.25) is 0 Å². The van der Waals surface area contributed by atoms with Gasteiger partial charge in [-0.05, 0) is 48.8 Å². The van der Waals surface area contributed by atoms with Crippen LogP contribution in [0, 0.1) is 40.9 Å². The van der Waals surface area contributed by atoms with Gasteiger partial charge >= 0.3 is 0 Å². The standard InChI is InChI=1S/C15H18N4S.C9H7N3S.C6H3N.5H2/c1-3-7-12(8-4-1)14-11-16-18-15(17-14)20-19-13-9-5-2-6-10-13;13-9-11-8(6-10-12-9)7-4-2-1-3-5-7;1-2-3-4-5-6-7;;;;;/h1,3-4,7-8,11,13,19H,2,5-6,9-10H2;1-6H,(H,11,12,13);1H,7H2;5*1H. The van der Waals surface area contributed by atoms with Gasteiger partial charge in [-0.25, -0.2) is 9.97 Å². The number of hydrogen-bond acceptors (Lipinski definition) is 9. The molecule has 1 aliphatic carbocycles. The summed E-state index contributed by atoms with van der Waals surface area (Å²) in [7, 11) is 0. The molecule has 1 fully saturated rings. The molecule has 4 aromatic rings. The molecule has 1 aliphatic rings. The predicted octanol–water partition coefficient (Wildman–Crippen LogP) is 6.44. The molecular formula is C30H38N8S2. The first-order chi connectivity index (χ1) is 19.7. The van der Waals surface area contributed by atoms with Crippen molar-refractivity contribution in [3.63, 3.8) is 0 Å². The summed E-state index contributed by atoms with van der Waals surface area (Å²) in [6.45, 7) is 0. The van der Waals surface area contributed by atoms with Gasteiger partial charge in [-0.15, -0.1) is 11.5 Å². The number of terminal acetylenes is 1. The van der Waals surface area contributed by atoms with Crippen molar-refractivity contribution in [3.05, 3.63) is 77.8 Å². The van der Waals surface area contributed by atoms with Crippen LogP contribution in [0.1, 0.15) is 39.2 Å². The molecule has 4 N–H and O–H groups in total. The topological polar surface area (TPSA) is 118 Å². The zero-order valence-electron chi connectivity index (χ0n) is 21.7. The Morgan fingerprint density at radius 2 is 1.55 bits per heavy atom. The molecule has 10 heteroatoms. The van der Waals surface area contributed by atoms with Crippen molar-refractivity contribution in [2.75, 3.05) is 0 Å². The smallest absolute Gasteiger partial charge is 0.224 e. The first-order valence-corrected chi connectivity index (χ1v) is 13.7. The monoisotopic (exact) mass is 574 g/mol. The summed E-state index contributed by atoms with van der Waals surface area (Å²) in [5, 5.41) is 15.3. The number of hydrogen-bond donors (Lipinski definition) is 3. The third-order valence-corrected chi connectivity index (χ3v) is 6.43. The van der Waals surface area contributed by atoms with Gasteiger partial charge in [0, 0.05) is 42.2 Å². The van der Waals surface area contributed by atoms with Crippen LogP contribution < -0.4 is 10.5 Å². The Morgan fingerprint density at radius 1 is 0.900 bits per heavy atom. The number of nitrogens with one attached hydrogen (secondary N) is 2. The minimum atomic E-state index is 0. The Labute approximate surface area is 251 Å². The lowest BCUT2D eigenvalue weighted by molar-refractivity contribution is 0.423. The van der Waals surface area contributed by atoms with Crippen LogP contribution in [0.25, 0.3) is 22.5 Å². The van der Waals surface area contributed by atoms with Crippen LogP contribution in [0.3, 0.4) is 0 Å². The highest BCUT2D eigenvalue weighted by atomic mass is 32.2. The van der Waals surface area contributed by atoms with E-state index in [0.29, 0.717) is 16.0 Å². The maximum Gasteiger partial charge on any atom is 0.224 e. The first-order valence-electron chi connectivity index (χ1n) is 12.5. The zero-order valence-corrected chi connectivity index (χ0v) is 23.4. The van der Waals surface area contributed by atoms with Crippen LogP contribution in [0.5, 0.6) is 0 Å². The molecular weight excluding hydrogens is 537 g/mol. The fourth-order valence-corrected chi connectivity index (χ4v) is 4.49. The van der Waals surface area contributed by atoms with Crippen molar-refractivity contribution in [1.29, 1.82) is 0 Å². The molecule has 0 amide bonds. The second kappa shape index (κ2) is 17.9. The van der Waals surface area contributed by atoms with E-state index in [1.165, 1.54) is 44.1 Å². The quantitative estimate of drug-likeness (QED) is 0.107. The largest absolute Gasteiger partial charge is 0.359 e. The van der Waals surface area contributed by atoms with Crippen molar-refractivity contribution < 1.29 is 7.13 Å². The molecule has 2 aromatic heterocycles. The lowest BCUT2D eigenvalue weighted by Crippen LogP contribution is -2.25. The van der Waals surface area contributed by atoms with Crippen molar-refractivity contribution in [2.45, 2.75) is 43.3 Å². The van der Waals surface area contributed by atoms with Gasteiger partial charge in [0.15, 0.2) is 0 Å². The van der Waals surface area contributed by atoms with E-state index >= 15 is 0 Å². The average molecular weight is 575 g/mol. The molecule has 2 aromatic carbocycles. The Balaban J connectivity index is -0.000000620. The van der Waals surface area contributed by atoms with Gasteiger partial charge in [0.25, 0.3) is 0 Å². The van der Waals surface area contributed by atoms with E-state index in [1.807, 2.05) is 60.7 Å². The molecule has 8 nitrogen and oxygen atoms in total. The molecule has 0 spiro atoms. The second-order valence-corrected chi connectivity index (χ2v) is 9.44. The molecule has 0 aliphatic heterocycles. The molecule has 0 unspecified atom stereocenters. The predicted molar refractivity (Wildman–Crippen MR) is 173 cm³/mol. The van der Waals surface area contributed by atoms with Gasteiger partial charge in [0.1, 0.15) is 0 Å². The summed E-state index contributed by atoms with van der Waals surface area (Å²) < 4.78 is 3.87. The summed E-state index contributed by atoms with van der Waals surface area (Å²) in [5.74, 6) is 8.94. The number of H-pyrrole nitrogens is 1. The lowest BCUT2D eigenvalue weighted by atomic mass is 9.96. The van der Waals surface area contributed by atoms with Crippen molar-refractivity contribution in [2.24, 2.45) is 5.73 Å². The minimum Gasteiger partial charge on any atom is -0.359 e. The number of benzene rings is 2. The summed E-state index contributed by atoms with van der Waals surface area (Å²) in [4.78, 5) is 8.69. The van der Waals surface area contributed by atoms with Gasteiger partial charge in [0.05, 0.1) is 23.8 Å². The van der Waals surface area contributed by atoms with Gasteiger partial charge in [-0.1, -0.05) is 79.9 Å². The zero-order chi connectivity index (χ0) is 28.3. The second-order valence-electron chi connectivity index (χ2n) is 8.25. The van der Waals surface area contributed by atoms with E-state index in [0.717, 1.165) is 22.5 Å². The number of aromatic nitrogens is 6. The van der Waals surface area contributed by atoms with Gasteiger partial charge in [-0.2, -0.15) is 10.2 Å². The van der Waals surface area contributed by atoms with Crippen LogP contribution in [-0.4, -0.2) is 36.4 Å². The Bertz CT molecular complexity index is 1560. The van der Waals surface area contributed by atoms with E-state index < -0.39 is 0 Å². The van der Waals surface area contributed by atoms with E-state index in [4.69, 9.17) is 24.4 Å². The van der Waals surface area contributed by atoms with Crippen LogP contribution in [0.4, 0.5) is 0 Å². The molecule has 0 radical (unpaired) electrons. The van der Waals surface area contributed by atoms with E-state index in [1.54, 1.807) is 12.4 Å². The normalized spacial score (nSPS) is 11.9. The molecule has 40 heavy (non-hydrogen) atoms. The molecule has 0 atom stereocenters. The fraction of sp³-hybridized carbons (Fsp3) is 0.200. The third-order valence-electron chi connectivity index (χ3n) is 5.44. The first kappa shape index (κ1) is 30.0. The molecule has 5 rings (SSSR count). The summed E-state index contributed by atoms with van der Waals surface area (Å²) in [6.07, 6.45) is 14.6. The van der Waals surface area contributed by atoms with Crippen molar-refractivity contribution >= 4 is 24.2 Å². The number of nitrogens with zero attached hydrogens (tertiary/aromatic N) is 5. The minimum absolute atomic E-state index is 0. The summed E-state index contributed by atoms with van der Waals surface area (Å²) in [5.41, 5.74) is 8.50. The molecule has 0 saturated heterocycles. The van der Waals surface area contributed by atoms with E-state index in [2.05, 4.69) is 64.8 Å². The highest BCUT2D eigenvalue weighted by Crippen LogP contribution is 2.22. The summed E-state index contributed by atoms with van der Waals surface area (Å²) >= 11 is 6.37. The Morgan fingerprint density at radius 3 is 2.15 bits per heavy atom. The molecule has 210 valence electrons. The number of aromatic amines is 1. The Kier molecular flexibility index (Phi) is 13.4. The van der Waals surface area contributed by atoms with Gasteiger partial charge in [0.2, 0.25) is 9.93 Å². The highest BCUT2D eigenvalue weighted by Gasteiger charge is 2.14. The van der Waals surface area contributed by atoms with Gasteiger partial charge in [-0.3, -0.25) is 9.82 Å². The third kappa shape index (κ3) is 11.1. The van der Waals surface area contributed by atoms with Crippen molar-refractivity contribution in [3.8, 4) is 58.7 Å². The van der Waals surface area contributed by atoms with E-state index in [-0.39, 0.29) is 7.13 Å². The lowest BCUT2D eigenvalue weighted by Gasteiger charge is -2.21. The molecule has 0 bridgehead atoms. The van der Waals surface area contributed by atoms with Gasteiger partial charge < -0.3 is 5.73 Å². The highest BCUT2D eigenvalue weighted by molar-refractivity contribution is 7.97. The Hall–Kier alpha value is -4.53. The maximum atomic E-state index is 4.87. The van der Waals surface area contributed by atoms with Crippen molar-refractivity contribution in [1.82, 2.24) is 35.1 Å². The fourth-order valence-electron chi connectivity index (χ4n) is 3.60. The number of nitrogens with two attached hydrogens (primary N) is 1. The van der Waals surface area contributed by atoms with E-state index in [9.17, 15) is 0 Å².